The quantitative estimate of drug-likeness (QED) is 0.679. The molecule has 0 aliphatic rings. The van der Waals surface area contributed by atoms with Crippen LogP contribution in [0.15, 0.2) is 48.5 Å². The van der Waals surface area contributed by atoms with Gasteiger partial charge in [0.05, 0.1) is 11.5 Å². The number of non-ortho nitro benzene ring substituents is 1. The van der Waals surface area contributed by atoms with Crippen molar-refractivity contribution in [3.05, 3.63) is 82.1 Å². The maximum Gasteiger partial charge on any atom is 0.408 e. The number of nitro groups is 1. The predicted molar refractivity (Wildman–Crippen MR) is 76.2 cm³/mol. The predicted octanol–water partition coefficient (Wildman–Crippen LogP) is 3.17. The summed E-state index contributed by atoms with van der Waals surface area (Å²) in [5.41, 5.74) is 1.22. The largest absolute Gasteiger partial charge is 0.445 e. The lowest BCUT2D eigenvalue weighted by atomic mass is 10.2. The number of hydrogen-bond donors (Lipinski definition) is 1. The molecule has 0 bridgehead atoms. The number of rotatable bonds is 5. The number of carbonyl (C=O) groups is 1. The first-order valence-electron chi connectivity index (χ1n) is 6.30. The topological polar surface area (TPSA) is 81.5 Å². The van der Waals surface area contributed by atoms with E-state index in [9.17, 15) is 19.3 Å². The molecule has 0 saturated heterocycles. The molecule has 0 fully saturated rings. The molecule has 2 aromatic rings. The molecule has 0 saturated carbocycles. The number of carbonyl (C=O) groups excluding carboxylic acids is 1. The van der Waals surface area contributed by atoms with Gasteiger partial charge in [-0.1, -0.05) is 12.1 Å². The maximum atomic E-state index is 12.7. The number of nitrogens with one attached hydrogen (secondary N) is 1. The molecule has 1 radical (unpaired) electrons. The van der Waals surface area contributed by atoms with E-state index >= 15 is 0 Å². The van der Waals surface area contributed by atoms with E-state index in [1.165, 1.54) is 55.1 Å². The summed E-state index contributed by atoms with van der Waals surface area (Å²) < 4.78 is 17.7. The van der Waals surface area contributed by atoms with Gasteiger partial charge in [0.2, 0.25) is 0 Å². The highest BCUT2D eigenvalue weighted by atomic mass is 19.1. The monoisotopic (exact) mass is 303 g/mol. The van der Waals surface area contributed by atoms with Crippen molar-refractivity contribution in [2.75, 3.05) is 0 Å². The molecule has 0 atom stereocenters. The molecule has 113 valence electrons. The van der Waals surface area contributed by atoms with Crippen molar-refractivity contribution in [2.24, 2.45) is 0 Å². The first-order chi connectivity index (χ1) is 10.5. The molecule has 0 heterocycles. The highest BCUT2D eigenvalue weighted by molar-refractivity contribution is 5.68. The van der Waals surface area contributed by atoms with E-state index < -0.39 is 11.0 Å². The minimum absolute atomic E-state index is 0.0128. The van der Waals surface area contributed by atoms with E-state index in [1.54, 1.807) is 0 Å². The van der Waals surface area contributed by atoms with Crippen molar-refractivity contribution in [3.8, 4) is 0 Å². The summed E-state index contributed by atoms with van der Waals surface area (Å²) in [6, 6.07) is 11.2. The number of halogens is 1. The van der Waals surface area contributed by atoms with Gasteiger partial charge in [-0.25, -0.2) is 9.18 Å². The molecule has 1 amide bonds. The van der Waals surface area contributed by atoms with E-state index in [0.29, 0.717) is 11.1 Å². The fourth-order valence-electron chi connectivity index (χ4n) is 1.61. The fourth-order valence-corrected chi connectivity index (χ4v) is 1.61. The molecule has 6 nitrogen and oxygen atoms in total. The Kier molecular flexibility index (Phi) is 5.02. The third-order valence-corrected chi connectivity index (χ3v) is 2.74. The Morgan fingerprint density at radius 1 is 1.18 bits per heavy atom. The highest BCUT2D eigenvalue weighted by Crippen LogP contribution is 2.12. The molecule has 0 unspecified atom stereocenters. The van der Waals surface area contributed by atoms with Crippen molar-refractivity contribution >= 4 is 11.8 Å². The van der Waals surface area contributed by atoms with Crippen LogP contribution in [0.1, 0.15) is 11.1 Å². The Balaban J connectivity index is 1.77. The standard InChI is InChI=1S/C15H12FN2O4/c16-13-5-1-11(2-6-13)9-17-15(19)22-10-12-3-7-14(8-4-12)18(20)21/h1-9H,10H2,(H,17,19). The van der Waals surface area contributed by atoms with Crippen LogP contribution in [0.25, 0.3) is 0 Å². The lowest BCUT2D eigenvalue weighted by Crippen LogP contribution is -2.21. The second-order valence-corrected chi connectivity index (χ2v) is 4.34. The van der Waals surface area contributed by atoms with E-state index in [-0.39, 0.29) is 18.1 Å². The van der Waals surface area contributed by atoms with Crippen LogP contribution >= 0.6 is 0 Å². The lowest BCUT2D eigenvalue weighted by Gasteiger charge is -2.06. The number of nitrogens with zero attached hydrogens (tertiary/aromatic N) is 1. The molecule has 0 aliphatic carbocycles. The van der Waals surface area contributed by atoms with Gasteiger partial charge < -0.3 is 10.1 Å². The second kappa shape index (κ2) is 7.16. The number of hydrogen-bond acceptors (Lipinski definition) is 4. The van der Waals surface area contributed by atoms with E-state index in [4.69, 9.17) is 4.74 Å². The van der Waals surface area contributed by atoms with Crippen LogP contribution in [0.2, 0.25) is 0 Å². The molecule has 7 heteroatoms. The average molecular weight is 303 g/mol. The molecule has 0 spiro atoms. The van der Waals surface area contributed by atoms with E-state index in [0.717, 1.165) is 0 Å². The van der Waals surface area contributed by atoms with Crippen molar-refractivity contribution < 1.29 is 18.8 Å². The van der Waals surface area contributed by atoms with Crippen LogP contribution in [-0.2, 0) is 11.3 Å². The van der Waals surface area contributed by atoms with Crippen molar-refractivity contribution in [3.63, 3.8) is 0 Å². The highest BCUT2D eigenvalue weighted by Gasteiger charge is 2.06. The Bertz CT molecular complexity index is 656. The molecule has 22 heavy (non-hydrogen) atoms. The molecule has 0 aromatic heterocycles. The van der Waals surface area contributed by atoms with Crippen LogP contribution in [0.3, 0.4) is 0 Å². The van der Waals surface area contributed by atoms with Crippen LogP contribution in [-0.4, -0.2) is 11.0 Å². The van der Waals surface area contributed by atoms with Gasteiger partial charge in [0.1, 0.15) is 12.4 Å². The number of nitro benzene ring substituents is 1. The van der Waals surface area contributed by atoms with Crippen LogP contribution in [0.5, 0.6) is 0 Å². The van der Waals surface area contributed by atoms with Gasteiger partial charge in [-0.2, -0.15) is 0 Å². The third kappa shape index (κ3) is 4.55. The van der Waals surface area contributed by atoms with Gasteiger partial charge >= 0.3 is 6.09 Å². The molecule has 2 rings (SSSR count). The Morgan fingerprint density at radius 3 is 2.41 bits per heavy atom. The van der Waals surface area contributed by atoms with Gasteiger partial charge in [-0.15, -0.1) is 0 Å². The minimum Gasteiger partial charge on any atom is -0.445 e. The zero-order valence-electron chi connectivity index (χ0n) is 11.4. The zero-order valence-corrected chi connectivity index (χ0v) is 11.4. The summed E-state index contributed by atoms with van der Waals surface area (Å²) in [5.74, 6) is -0.363. The summed E-state index contributed by atoms with van der Waals surface area (Å²) >= 11 is 0. The van der Waals surface area contributed by atoms with Crippen molar-refractivity contribution in [2.45, 2.75) is 6.61 Å². The SMILES string of the molecule is O=C(N[CH]c1ccc(F)cc1)OCc1ccc([N+](=O)[O-])cc1. The van der Waals surface area contributed by atoms with Gasteiger partial charge in [0, 0.05) is 12.1 Å². The average Bonchev–Trinajstić information content (AvgIpc) is 2.52. The van der Waals surface area contributed by atoms with E-state index in [1.807, 2.05) is 0 Å². The van der Waals surface area contributed by atoms with Crippen molar-refractivity contribution in [1.29, 1.82) is 0 Å². The van der Waals surface area contributed by atoms with Gasteiger partial charge in [-0.05, 0) is 35.4 Å². The summed E-state index contributed by atoms with van der Waals surface area (Å²) in [6.07, 6.45) is -0.678. The van der Waals surface area contributed by atoms with Crippen molar-refractivity contribution in [1.82, 2.24) is 5.32 Å². The van der Waals surface area contributed by atoms with Gasteiger partial charge in [0.15, 0.2) is 0 Å². The lowest BCUT2D eigenvalue weighted by molar-refractivity contribution is -0.384. The minimum atomic E-state index is -0.678. The van der Waals surface area contributed by atoms with Crippen LogP contribution < -0.4 is 5.32 Å². The number of benzene rings is 2. The molecular formula is C15H12FN2O4. The summed E-state index contributed by atoms with van der Waals surface area (Å²) in [4.78, 5) is 21.5. The Morgan fingerprint density at radius 2 is 1.82 bits per heavy atom. The molecule has 1 N–H and O–H groups in total. The third-order valence-electron chi connectivity index (χ3n) is 2.74. The smallest absolute Gasteiger partial charge is 0.408 e. The molecule has 2 aromatic carbocycles. The maximum absolute atomic E-state index is 12.7. The number of alkyl carbamates (subject to hydrolysis) is 1. The fraction of sp³-hybridized carbons (Fsp3) is 0.0667. The number of ether oxygens (including phenoxy) is 1. The van der Waals surface area contributed by atoms with Crippen LogP contribution in [0.4, 0.5) is 14.9 Å². The summed E-state index contributed by atoms with van der Waals surface area (Å²) in [5, 5.41) is 12.9. The molecular weight excluding hydrogens is 291 g/mol. The van der Waals surface area contributed by atoms with Gasteiger partial charge in [0.25, 0.3) is 5.69 Å². The first-order valence-corrected chi connectivity index (χ1v) is 6.30. The zero-order chi connectivity index (χ0) is 15.9. The summed E-state index contributed by atoms with van der Waals surface area (Å²) in [6.45, 7) is 1.37. The normalized spacial score (nSPS) is 10.0. The second-order valence-electron chi connectivity index (χ2n) is 4.34. The summed E-state index contributed by atoms with van der Waals surface area (Å²) in [7, 11) is 0. The van der Waals surface area contributed by atoms with E-state index in [2.05, 4.69) is 5.32 Å². The Hall–Kier alpha value is -2.96. The Labute approximate surface area is 125 Å². The van der Waals surface area contributed by atoms with Gasteiger partial charge in [-0.3, -0.25) is 10.1 Å². The molecule has 0 aliphatic heterocycles. The number of amides is 1. The van der Waals surface area contributed by atoms with Crippen LogP contribution in [0, 0.1) is 22.5 Å². The first kappa shape index (κ1) is 15.4.